The molecule has 0 heterocycles. The Morgan fingerprint density at radius 1 is 1.14 bits per heavy atom. The molecule has 2 rings (SSSR count). The van der Waals surface area contributed by atoms with Crippen molar-refractivity contribution in [2.75, 3.05) is 0 Å². The van der Waals surface area contributed by atoms with Gasteiger partial charge < -0.3 is 9.84 Å². The smallest absolute Gasteiger partial charge is 0.419 e. The molecule has 1 N–H and O–H groups in total. The van der Waals surface area contributed by atoms with E-state index in [0.717, 1.165) is 24.3 Å². The maximum absolute atomic E-state index is 13.5. The molecule has 0 spiro atoms. The van der Waals surface area contributed by atoms with Gasteiger partial charge >= 0.3 is 12.1 Å². The van der Waals surface area contributed by atoms with Crippen LogP contribution in [-0.2, 0) is 12.8 Å². The van der Waals surface area contributed by atoms with E-state index in [-0.39, 0.29) is 17.9 Å². The number of halogens is 4. The number of hydrogen-bond donors (Lipinski definition) is 1. The molecule has 0 aromatic heterocycles. The van der Waals surface area contributed by atoms with Gasteiger partial charge in [0, 0.05) is 0 Å². The van der Waals surface area contributed by atoms with Gasteiger partial charge in [0.2, 0.25) is 0 Å². The lowest BCUT2D eigenvalue weighted by molar-refractivity contribution is -0.139. The molecular formula is C15H10F4O3. The molecular weight excluding hydrogens is 304 g/mol. The molecule has 22 heavy (non-hydrogen) atoms. The zero-order chi connectivity index (χ0) is 16.3. The number of rotatable bonds is 4. The number of carbonyl (C=O) groups is 1. The zero-order valence-electron chi connectivity index (χ0n) is 11.0. The van der Waals surface area contributed by atoms with E-state index in [1.807, 2.05) is 0 Å². The fourth-order valence-electron chi connectivity index (χ4n) is 1.81. The molecule has 0 amide bonds. The SMILES string of the molecule is O=C(O)c1ccc(COc2ccccc2C(F)(F)F)cc1F. The first-order valence-electron chi connectivity index (χ1n) is 6.10. The summed E-state index contributed by atoms with van der Waals surface area (Å²) in [4.78, 5) is 10.7. The summed E-state index contributed by atoms with van der Waals surface area (Å²) in [5, 5.41) is 8.69. The minimum atomic E-state index is -4.56. The van der Waals surface area contributed by atoms with Crippen LogP contribution in [0, 0.1) is 5.82 Å². The second-order valence-electron chi connectivity index (χ2n) is 4.40. The van der Waals surface area contributed by atoms with Gasteiger partial charge in [-0.3, -0.25) is 0 Å². The van der Waals surface area contributed by atoms with Gasteiger partial charge in [-0.1, -0.05) is 18.2 Å². The van der Waals surface area contributed by atoms with Gasteiger partial charge in [-0.15, -0.1) is 0 Å². The summed E-state index contributed by atoms with van der Waals surface area (Å²) >= 11 is 0. The monoisotopic (exact) mass is 314 g/mol. The molecule has 0 fully saturated rings. The number of carboxylic acid groups (broad SMARTS) is 1. The number of hydrogen-bond acceptors (Lipinski definition) is 2. The Morgan fingerprint density at radius 2 is 1.82 bits per heavy atom. The van der Waals surface area contributed by atoms with Gasteiger partial charge in [0.25, 0.3) is 0 Å². The lowest BCUT2D eigenvalue weighted by Gasteiger charge is -2.13. The molecule has 0 atom stereocenters. The van der Waals surface area contributed by atoms with Gasteiger partial charge in [0.15, 0.2) is 0 Å². The molecule has 0 bridgehead atoms. The third kappa shape index (κ3) is 3.55. The molecule has 116 valence electrons. The molecule has 2 aromatic rings. The van der Waals surface area contributed by atoms with Gasteiger partial charge in [0.05, 0.1) is 11.1 Å². The standard InChI is InChI=1S/C15H10F4O3/c16-12-7-9(5-6-10(12)14(20)21)8-22-13-4-2-1-3-11(13)15(17,18)19/h1-7H,8H2,(H,20,21). The van der Waals surface area contributed by atoms with Crippen molar-refractivity contribution in [1.29, 1.82) is 0 Å². The highest BCUT2D eigenvalue weighted by Gasteiger charge is 2.34. The first kappa shape index (κ1) is 15.8. The van der Waals surface area contributed by atoms with E-state index in [4.69, 9.17) is 9.84 Å². The molecule has 0 aliphatic rings. The number of carboxylic acids is 1. The average molecular weight is 314 g/mol. The van der Waals surface area contributed by atoms with Crippen molar-refractivity contribution in [3.05, 3.63) is 65.0 Å². The van der Waals surface area contributed by atoms with Crippen LogP contribution < -0.4 is 4.74 Å². The number of alkyl halides is 3. The molecule has 2 aromatic carbocycles. The van der Waals surface area contributed by atoms with Crippen molar-refractivity contribution < 1.29 is 32.2 Å². The second-order valence-corrected chi connectivity index (χ2v) is 4.40. The Labute approximate surface area is 122 Å². The van der Waals surface area contributed by atoms with E-state index < -0.39 is 29.1 Å². The van der Waals surface area contributed by atoms with Gasteiger partial charge in [-0.05, 0) is 29.8 Å². The van der Waals surface area contributed by atoms with E-state index in [1.165, 1.54) is 18.2 Å². The second kappa shape index (κ2) is 6.05. The van der Waals surface area contributed by atoms with Crippen LogP contribution in [0.15, 0.2) is 42.5 Å². The summed E-state index contributed by atoms with van der Waals surface area (Å²) in [6.45, 7) is -0.316. The Balaban J connectivity index is 2.18. The van der Waals surface area contributed by atoms with Crippen LogP contribution in [0.2, 0.25) is 0 Å². The summed E-state index contributed by atoms with van der Waals surface area (Å²) in [6.07, 6.45) is -4.56. The fourth-order valence-corrected chi connectivity index (χ4v) is 1.81. The quantitative estimate of drug-likeness (QED) is 0.864. The highest BCUT2D eigenvalue weighted by atomic mass is 19.4. The Bertz CT molecular complexity index is 695. The van der Waals surface area contributed by atoms with Crippen molar-refractivity contribution in [3.8, 4) is 5.75 Å². The van der Waals surface area contributed by atoms with Crippen LogP contribution in [0.4, 0.5) is 17.6 Å². The number of para-hydroxylation sites is 1. The maximum Gasteiger partial charge on any atom is 0.419 e. The topological polar surface area (TPSA) is 46.5 Å². The summed E-state index contributed by atoms with van der Waals surface area (Å²) < 4.78 is 56.9. The van der Waals surface area contributed by atoms with Crippen LogP contribution in [0.25, 0.3) is 0 Å². The molecule has 0 unspecified atom stereocenters. The number of ether oxygens (including phenoxy) is 1. The minimum absolute atomic E-state index is 0.222. The van der Waals surface area contributed by atoms with Crippen molar-refractivity contribution in [2.24, 2.45) is 0 Å². The van der Waals surface area contributed by atoms with Crippen molar-refractivity contribution in [3.63, 3.8) is 0 Å². The van der Waals surface area contributed by atoms with Gasteiger partial charge in [0.1, 0.15) is 18.2 Å². The normalized spacial score (nSPS) is 11.3. The van der Waals surface area contributed by atoms with E-state index in [0.29, 0.717) is 0 Å². The van der Waals surface area contributed by atoms with Crippen LogP contribution in [0.5, 0.6) is 5.75 Å². The third-order valence-corrected chi connectivity index (χ3v) is 2.85. The molecule has 0 aliphatic carbocycles. The Morgan fingerprint density at radius 3 is 2.41 bits per heavy atom. The molecule has 7 heteroatoms. The highest BCUT2D eigenvalue weighted by Crippen LogP contribution is 2.36. The van der Waals surface area contributed by atoms with E-state index in [2.05, 4.69) is 0 Å². The Hall–Kier alpha value is -2.57. The fraction of sp³-hybridized carbons (Fsp3) is 0.133. The van der Waals surface area contributed by atoms with Crippen LogP contribution in [-0.4, -0.2) is 11.1 Å². The summed E-state index contributed by atoms with van der Waals surface area (Å²) in [7, 11) is 0. The number of benzene rings is 2. The average Bonchev–Trinajstić information content (AvgIpc) is 2.44. The predicted molar refractivity (Wildman–Crippen MR) is 69.1 cm³/mol. The van der Waals surface area contributed by atoms with Crippen molar-refractivity contribution in [1.82, 2.24) is 0 Å². The van der Waals surface area contributed by atoms with Crippen molar-refractivity contribution >= 4 is 5.97 Å². The summed E-state index contributed by atoms with van der Waals surface area (Å²) in [5.74, 6) is -2.78. The maximum atomic E-state index is 13.5. The van der Waals surface area contributed by atoms with Crippen molar-refractivity contribution in [2.45, 2.75) is 12.8 Å². The lowest BCUT2D eigenvalue weighted by Crippen LogP contribution is -2.09. The number of aromatic carboxylic acids is 1. The summed E-state index contributed by atoms with van der Waals surface area (Å²) in [5.41, 5.74) is -1.23. The largest absolute Gasteiger partial charge is 0.488 e. The first-order chi connectivity index (χ1) is 10.3. The Kier molecular flexibility index (Phi) is 4.35. The third-order valence-electron chi connectivity index (χ3n) is 2.85. The molecule has 0 saturated heterocycles. The first-order valence-corrected chi connectivity index (χ1v) is 6.10. The minimum Gasteiger partial charge on any atom is -0.488 e. The molecule has 0 radical (unpaired) electrons. The van der Waals surface area contributed by atoms with Crippen LogP contribution in [0.3, 0.4) is 0 Å². The zero-order valence-corrected chi connectivity index (χ0v) is 11.0. The van der Waals surface area contributed by atoms with Crippen LogP contribution >= 0.6 is 0 Å². The highest BCUT2D eigenvalue weighted by molar-refractivity contribution is 5.87. The lowest BCUT2D eigenvalue weighted by atomic mass is 10.1. The molecule has 0 aliphatic heterocycles. The van der Waals surface area contributed by atoms with Crippen LogP contribution in [0.1, 0.15) is 21.5 Å². The van der Waals surface area contributed by atoms with Gasteiger partial charge in [-0.25, -0.2) is 9.18 Å². The predicted octanol–water partition coefficient (Wildman–Crippen LogP) is 4.12. The van der Waals surface area contributed by atoms with E-state index in [9.17, 15) is 22.4 Å². The molecule has 0 saturated carbocycles. The summed E-state index contributed by atoms with van der Waals surface area (Å²) in [6, 6.07) is 7.89. The van der Waals surface area contributed by atoms with Gasteiger partial charge in [-0.2, -0.15) is 13.2 Å². The molecule has 3 nitrogen and oxygen atoms in total. The van der Waals surface area contributed by atoms with E-state index >= 15 is 0 Å². The van der Waals surface area contributed by atoms with E-state index in [1.54, 1.807) is 0 Å².